The van der Waals surface area contributed by atoms with Gasteiger partial charge in [-0.15, -0.1) is 0 Å². The Labute approximate surface area is 182 Å². The quantitative estimate of drug-likeness (QED) is 0.776. The highest BCUT2D eigenvalue weighted by atomic mass is 16.6. The third kappa shape index (κ3) is 6.57. The highest BCUT2D eigenvalue weighted by Crippen LogP contribution is 2.17. The van der Waals surface area contributed by atoms with E-state index < -0.39 is 11.7 Å². The summed E-state index contributed by atoms with van der Waals surface area (Å²) in [5.41, 5.74) is 1.24. The highest BCUT2D eigenvalue weighted by molar-refractivity contribution is 6.04. The number of carbonyl (C=O) groups excluding carboxylic acids is 3. The molecule has 164 valence electrons. The maximum absolute atomic E-state index is 12.8. The number of anilines is 1. The molecule has 0 atom stereocenters. The zero-order valence-corrected chi connectivity index (χ0v) is 18.2. The van der Waals surface area contributed by atoms with E-state index in [1.807, 2.05) is 39.0 Å². The normalized spacial score (nSPS) is 14.6. The third-order valence-electron chi connectivity index (χ3n) is 4.93. The van der Waals surface area contributed by atoms with Crippen molar-refractivity contribution < 1.29 is 19.1 Å². The molecule has 2 N–H and O–H groups in total. The Balaban J connectivity index is 1.50. The second-order valence-corrected chi connectivity index (χ2v) is 8.61. The van der Waals surface area contributed by atoms with Crippen LogP contribution in [0.3, 0.4) is 0 Å². The van der Waals surface area contributed by atoms with Gasteiger partial charge in [0.1, 0.15) is 5.60 Å². The molecule has 1 aliphatic rings. The first-order valence-electron chi connectivity index (χ1n) is 10.5. The summed E-state index contributed by atoms with van der Waals surface area (Å²) in [5, 5.41) is 5.70. The van der Waals surface area contributed by atoms with E-state index in [0.717, 1.165) is 0 Å². The van der Waals surface area contributed by atoms with Crippen molar-refractivity contribution in [3.8, 4) is 0 Å². The fraction of sp³-hybridized carbons (Fsp3) is 0.375. The van der Waals surface area contributed by atoms with Crippen LogP contribution in [0.2, 0.25) is 0 Å². The highest BCUT2D eigenvalue weighted by Gasteiger charge is 2.26. The van der Waals surface area contributed by atoms with Crippen molar-refractivity contribution in [3.63, 3.8) is 0 Å². The molecule has 0 spiro atoms. The Bertz CT molecular complexity index is 912. The average Bonchev–Trinajstić information content (AvgIpc) is 2.73. The van der Waals surface area contributed by atoms with Crippen LogP contribution in [0.4, 0.5) is 10.5 Å². The first kappa shape index (κ1) is 22.3. The lowest BCUT2D eigenvalue weighted by molar-refractivity contribution is 0.0473. The smallest absolute Gasteiger partial charge is 0.407 e. The Kier molecular flexibility index (Phi) is 6.95. The monoisotopic (exact) mass is 423 g/mol. The summed E-state index contributed by atoms with van der Waals surface area (Å²) in [6, 6.07) is 15.8. The van der Waals surface area contributed by atoms with Crippen LogP contribution < -0.4 is 10.6 Å². The number of ether oxygens (including phenoxy) is 1. The molecule has 2 aromatic carbocycles. The number of alkyl carbamates (subject to hydrolysis) is 1. The number of hydrogen-bond acceptors (Lipinski definition) is 4. The molecule has 1 fully saturated rings. The van der Waals surface area contributed by atoms with Gasteiger partial charge in [-0.25, -0.2) is 4.79 Å². The molecule has 0 unspecified atom stereocenters. The van der Waals surface area contributed by atoms with Crippen LogP contribution in [-0.4, -0.2) is 47.5 Å². The second-order valence-electron chi connectivity index (χ2n) is 8.61. The van der Waals surface area contributed by atoms with Gasteiger partial charge in [-0.2, -0.15) is 0 Å². The molecule has 0 aliphatic carbocycles. The van der Waals surface area contributed by atoms with E-state index in [4.69, 9.17) is 4.74 Å². The third-order valence-corrected chi connectivity index (χ3v) is 4.93. The zero-order valence-electron chi connectivity index (χ0n) is 18.2. The van der Waals surface area contributed by atoms with Crippen LogP contribution in [0.5, 0.6) is 0 Å². The Morgan fingerprint density at radius 1 is 0.903 bits per heavy atom. The number of nitrogens with one attached hydrogen (secondary N) is 2. The van der Waals surface area contributed by atoms with E-state index >= 15 is 0 Å². The summed E-state index contributed by atoms with van der Waals surface area (Å²) in [6.07, 6.45) is 0.928. The van der Waals surface area contributed by atoms with E-state index in [9.17, 15) is 14.4 Å². The molecule has 0 radical (unpaired) electrons. The fourth-order valence-electron chi connectivity index (χ4n) is 3.37. The van der Waals surface area contributed by atoms with Crippen LogP contribution in [0.25, 0.3) is 0 Å². The molecule has 2 aromatic rings. The van der Waals surface area contributed by atoms with Gasteiger partial charge in [-0.05, 0) is 70.0 Å². The Morgan fingerprint density at radius 2 is 1.52 bits per heavy atom. The predicted octanol–water partition coefficient (Wildman–Crippen LogP) is 4.07. The van der Waals surface area contributed by atoms with Gasteiger partial charge in [-0.3, -0.25) is 9.59 Å². The van der Waals surface area contributed by atoms with Gasteiger partial charge in [0.15, 0.2) is 0 Å². The van der Waals surface area contributed by atoms with Gasteiger partial charge in [0.05, 0.1) is 0 Å². The molecule has 7 heteroatoms. The molecule has 1 aliphatic heterocycles. The first-order valence-corrected chi connectivity index (χ1v) is 10.5. The number of carbonyl (C=O) groups is 3. The van der Waals surface area contributed by atoms with Crippen LogP contribution in [0, 0.1) is 0 Å². The van der Waals surface area contributed by atoms with E-state index in [-0.39, 0.29) is 17.9 Å². The van der Waals surface area contributed by atoms with Crippen molar-refractivity contribution in [1.29, 1.82) is 0 Å². The largest absolute Gasteiger partial charge is 0.444 e. The summed E-state index contributed by atoms with van der Waals surface area (Å²) >= 11 is 0. The number of nitrogens with zero attached hydrogens (tertiary/aromatic N) is 1. The van der Waals surface area contributed by atoms with Gasteiger partial charge in [-0.1, -0.05) is 18.2 Å². The Hall–Kier alpha value is -3.35. The lowest BCUT2D eigenvalue weighted by Gasteiger charge is -2.33. The lowest BCUT2D eigenvalue weighted by atomic mass is 10.0. The van der Waals surface area contributed by atoms with Gasteiger partial charge < -0.3 is 20.3 Å². The summed E-state index contributed by atoms with van der Waals surface area (Å²) in [6.45, 7) is 6.60. The fourth-order valence-corrected chi connectivity index (χ4v) is 3.37. The maximum atomic E-state index is 12.8. The first-order chi connectivity index (χ1) is 14.7. The number of rotatable bonds is 4. The Morgan fingerprint density at radius 3 is 2.10 bits per heavy atom. The molecular weight excluding hydrogens is 394 g/mol. The molecule has 0 bridgehead atoms. The zero-order chi connectivity index (χ0) is 22.4. The standard InChI is InChI=1S/C24H29N3O4/c1-24(2,3)31-23(30)26-20-13-15-27(16-14-20)22(29)18-9-11-19(12-10-18)25-21(28)17-7-5-4-6-8-17/h4-12,20H,13-16H2,1-3H3,(H,25,28)(H,26,30). The van der Waals surface area contributed by atoms with Gasteiger partial charge in [0.25, 0.3) is 11.8 Å². The molecule has 0 saturated carbocycles. The maximum Gasteiger partial charge on any atom is 0.407 e. The average molecular weight is 424 g/mol. The molecule has 3 amide bonds. The molecule has 31 heavy (non-hydrogen) atoms. The topological polar surface area (TPSA) is 87.7 Å². The van der Waals surface area contributed by atoms with Crippen molar-refractivity contribution in [1.82, 2.24) is 10.2 Å². The number of piperidine rings is 1. The number of likely N-dealkylation sites (tertiary alicyclic amines) is 1. The molecule has 1 heterocycles. The van der Waals surface area contributed by atoms with Crippen LogP contribution in [0.1, 0.15) is 54.3 Å². The van der Waals surface area contributed by atoms with E-state index in [1.165, 1.54) is 0 Å². The van der Waals surface area contributed by atoms with E-state index in [2.05, 4.69) is 10.6 Å². The minimum atomic E-state index is -0.534. The molecule has 3 rings (SSSR count). The SMILES string of the molecule is CC(C)(C)OC(=O)NC1CCN(C(=O)c2ccc(NC(=O)c3ccccc3)cc2)CC1. The molecule has 7 nitrogen and oxygen atoms in total. The van der Waals surface area contributed by atoms with Crippen molar-refractivity contribution in [2.45, 2.75) is 45.3 Å². The lowest BCUT2D eigenvalue weighted by Crippen LogP contribution is -2.47. The minimum absolute atomic E-state index is 0.00512. The summed E-state index contributed by atoms with van der Waals surface area (Å²) in [5.74, 6) is -0.254. The van der Waals surface area contributed by atoms with E-state index in [1.54, 1.807) is 41.3 Å². The summed E-state index contributed by atoms with van der Waals surface area (Å²) < 4.78 is 5.29. The number of benzene rings is 2. The van der Waals surface area contributed by atoms with Crippen LogP contribution >= 0.6 is 0 Å². The summed E-state index contributed by atoms with van der Waals surface area (Å²) in [7, 11) is 0. The second kappa shape index (κ2) is 9.64. The molecule has 1 saturated heterocycles. The van der Waals surface area contributed by atoms with Gasteiger partial charge in [0.2, 0.25) is 0 Å². The van der Waals surface area contributed by atoms with Crippen molar-refractivity contribution >= 4 is 23.6 Å². The van der Waals surface area contributed by atoms with Crippen molar-refractivity contribution in [3.05, 3.63) is 65.7 Å². The van der Waals surface area contributed by atoms with Gasteiger partial charge in [0, 0.05) is 35.9 Å². The van der Waals surface area contributed by atoms with Crippen LogP contribution in [0.15, 0.2) is 54.6 Å². The van der Waals surface area contributed by atoms with E-state index in [0.29, 0.717) is 42.7 Å². The van der Waals surface area contributed by atoms with Crippen molar-refractivity contribution in [2.75, 3.05) is 18.4 Å². The predicted molar refractivity (Wildman–Crippen MR) is 119 cm³/mol. The van der Waals surface area contributed by atoms with Gasteiger partial charge >= 0.3 is 6.09 Å². The number of hydrogen-bond donors (Lipinski definition) is 2. The summed E-state index contributed by atoms with van der Waals surface area (Å²) in [4.78, 5) is 38.7. The molecule has 0 aromatic heterocycles. The van der Waals surface area contributed by atoms with Crippen molar-refractivity contribution in [2.24, 2.45) is 0 Å². The van der Waals surface area contributed by atoms with Crippen LogP contribution in [-0.2, 0) is 4.74 Å². The molecular formula is C24H29N3O4. The minimum Gasteiger partial charge on any atom is -0.444 e. The number of amides is 3.